The first kappa shape index (κ1) is 20.5. The number of sulfonamides is 1. The van der Waals surface area contributed by atoms with Crippen LogP contribution in [-0.2, 0) is 19.6 Å². The van der Waals surface area contributed by atoms with E-state index in [-0.39, 0.29) is 10.5 Å². The zero-order chi connectivity index (χ0) is 21.0. The molecule has 0 aromatic heterocycles. The van der Waals surface area contributed by atoms with Gasteiger partial charge >= 0.3 is 5.97 Å². The lowest BCUT2D eigenvalue weighted by Crippen LogP contribution is -2.30. The number of esters is 1. The summed E-state index contributed by atoms with van der Waals surface area (Å²) in [5.41, 5.74) is 0.616. The van der Waals surface area contributed by atoms with E-state index in [1.54, 1.807) is 6.07 Å². The number of carbonyl (C=O) groups excluding carboxylic acids is 2. The molecule has 0 saturated heterocycles. The van der Waals surface area contributed by atoms with Gasteiger partial charge in [-0.2, -0.15) is 0 Å². The van der Waals surface area contributed by atoms with Gasteiger partial charge in [0.2, 0.25) is 10.0 Å². The number of carbonyl (C=O) groups is 2. The second kappa shape index (κ2) is 8.42. The van der Waals surface area contributed by atoms with Crippen molar-refractivity contribution < 1.29 is 22.7 Å². The van der Waals surface area contributed by atoms with E-state index in [2.05, 4.69) is 10.0 Å². The van der Waals surface area contributed by atoms with Crippen LogP contribution >= 0.6 is 0 Å². The third kappa shape index (κ3) is 4.79. The molecule has 0 aliphatic rings. The fourth-order valence-corrected chi connectivity index (χ4v) is 3.48. The monoisotopic (exact) mass is 412 g/mol. The summed E-state index contributed by atoms with van der Waals surface area (Å²) in [5, 5.41) is 4.73. The second-order valence-corrected chi connectivity index (χ2v) is 8.22. The maximum absolute atomic E-state index is 12.4. The Balaban J connectivity index is 1.69. The summed E-state index contributed by atoms with van der Waals surface area (Å²) in [5.74, 6) is -1.29. The Labute approximate surface area is 168 Å². The first-order chi connectivity index (χ1) is 13.8. The molecule has 1 unspecified atom stereocenters. The molecule has 3 aromatic carbocycles. The van der Waals surface area contributed by atoms with E-state index in [0.717, 1.165) is 10.8 Å². The molecule has 0 aliphatic carbocycles. The zero-order valence-corrected chi connectivity index (χ0v) is 16.7. The van der Waals surface area contributed by atoms with E-state index >= 15 is 0 Å². The SMILES string of the molecule is CNS(=O)(=O)c1cccc(C(=O)OC(C)C(=O)Nc2ccc3ccccc3c2)c1. The van der Waals surface area contributed by atoms with Gasteiger partial charge in [0.15, 0.2) is 6.10 Å². The molecule has 29 heavy (non-hydrogen) atoms. The molecule has 0 fully saturated rings. The van der Waals surface area contributed by atoms with Crippen LogP contribution in [0.5, 0.6) is 0 Å². The van der Waals surface area contributed by atoms with Crippen molar-refractivity contribution in [2.75, 3.05) is 12.4 Å². The Morgan fingerprint density at radius 2 is 1.66 bits per heavy atom. The first-order valence-corrected chi connectivity index (χ1v) is 10.3. The fourth-order valence-electron chi connectivity index (χ4n) is 2.70. The summed E-state index contributed by atoms with van der Waals surface area (Å²) < 4.78 is 31.1. The lowest BCUT2D eigenvalue weighted by molar-refractivity contribution is -0.123. The second-order valence-electron chi connectivity index (χ2n) is 6.33. The van der Waals surface area contributed by atoms with Crippen molar-refractivity contribution in [3.05, 3.63) is 72.3 Å². The molecule has 2 N–H and O–H groups in total. The van der Waals surface area contributed by atoms with Crippen molar-refractivity contribution in [2.45, 2.75) is 17.9 Å². The van der Waals surface area contributed by atoms with Gasteiger partial charge in [0, 0.05) is 5.69 Å². The topological polar surface area (TPSA) is 102 Å². The highest BCUT2D eigenvalue weighted by molar-refractivity contribution is 7.89. The van der Waals surface area contributed by atoms with Gasteiger partial charge in [0.1, 0.15) is 0 Å². The van der Waals surface area contributed by atoms with Crippen molar-refractivity contribution in [1.29, 1.82) is 0 Å². The number of anilines is 1. The van der Waals surface area contributed by atoms with Crippen molar-refractivity contribution in [3.63, 3.8) is 0 Å². The van der Waals surface area contributed by atoms with Gasteiger partial charge in [-0.25, -0.2) is 17.9 Å². The molecule has 3 rings (SSSR count). The molecule has 3 aromatic rings. The van der Waals surface area contributed by atoms with Gasteiger partial charge in [-0.1, -0.05) is 36.4 Å². The maximum atomic E-state index is 12.4. The normalized spacial score (nSPS) is 12.3. The van der Waals surface area contributed by atoms with Crippen molar-refractivity contribution in [2.24, 2.45) is 0 Å². The molecule has 0 saturated carbocycles. The van der Waals surface area contributed by atoms with Crippen LogP contribution in [0.1, 0.15) is 17.3 Å². The summed E-state index contributed by atoms with van der Waals surface area (Å²) in [6.45, 7) is 1.45. The van der Waals surface area contributed by atoms with Gasteiger partial charge in [-0.15, -0.1) is 0 Å². The lowest BCUT2D eigenvalue weighted by atomic mass is 10.1. The molecule has 0 spiro atoms. The number of fused-ring (bicyclic) bond motifs is 1. The smallest absolute Gasteiger partial charge is 0.338 e. The van der Waals surface area contributed by atoms with Crippen LogP contribution in [0.4, 0.5) is 5.69 Å². The summed E-state index contributed by atoms with van der Waals surface area (Å²) in [4.78, 5) is 24.7. The lowest BCUT2D eigenvalue weighted by Gasteiger charge is -2.14. The van der Waals surface area contributed by atoms with E-state index in [4.69, 9.17) is 4.74 Å². The van der Waals surface area contributed by atoms with Crippen molar-refractivity contribution in [3.8, 4) is 0 Å². The Morgan fingerprint density at radius 3 is 2.38 bits per heavy atom. The zero-order valence-electron chi connectivity index (χ0n) is 15.9. The largest absolute Gasteiger partial charge is 0.449 e. The Bertz CT molecular complexity index is 1170. The molecular formula is C21H20N2O5S. The van der Waals surface area contributed by atoms with Gasteiger partial charge in [-0.3, -0.25) is 4.79 Å². The molecule has 0 aliphatic heterocycles. The number of nitrogens with one attached hydrogen (secondary N) is 2. The molecule has 0 heterocycles. The number of rotatable bonds is 6. The first-order valence-electron chi connectivity index (χ1n) is 8.84. The quantitative estimate of drug-likeness (QED) is 0.606. The molecular weight excluding hydrogens is 392 g/mol. The van der Waals surface area contributed by atoms with Crippen LogP contribution in [0.25, 0.3) is 10.8 Å². The van der Waals surface area contributed by atoms with E-state index in [1.807, 2.05) is 36.4 Å². The minimum Gasteiger partial charge on any atom is -0.449 e. The van der Waals surface area contributed by atoms with Crippen molar-refractivity contribution in [1.82, 2.24) is 4.72 Å². The number of hydrogen-bond donors (Lipinski definition) is 2. The molecule has 0 bridgehead atoms. The number of benzene rings is 3. The van der Waals surface area contributed by atoms with Gasteiger partial charge in [0.25, 0.3) is 5.91 Å². The number of amides is 1. The average Bonchev–Trinajstić information content (AvgIpc) is 2.73. The predicted molar refractivity (Wildman–Crippen MR) is 110 cm³/mol. The van der Waals surface area contributed by atoms with Crippen molar-refractivity contribution >= 4 is 38.4 Å². The van der Waals surface area contributed by atoms with Crippen LogP contribution in [0.3, 0.4) is 0 Å². The van der Waals surface area contributed by atoms with Gasteiger partial charge in [0.05, 0.1) is 10.5 Å². The Morgan fingerprint density at radius 1 is 0.931 bits per heavy atom. The highest BCUT2D eigenvalue weighted by Gasteiger charge is 2.21. The molecule has 8 heteroatoms. The summed E-state index contributed by atoms with van der Waals surface area (Å²) in [7, 11) is -2.42. The Kier molecular flexibility index (Phi) is 5.95. The van der Waals surface area contributed by atoms with Crippen LogP contribution in [0.15, 0.2) is 71.6 Å². The number of hydrogen-bond acceptors (Lipinski definition) is 5. The third-order valence-corrected chi connectivity index (χ3v) is 5.73. The van der Waals surface area contributed by atoms with E-state index in [9.17, 15) is 18.0 Å². The molecule has 0 radical (unpaired) electrons. The average molecular weight is 412 g/mol. The number of ether oxygens (including phenoxy) is 1. The van der Waals surface area contributed by atoms with E-state index in [1.165, 1.54) is 38.2 Å². The highest BCUT2D eigenvalue weighted by atomic mass is 32.2. The van der Waals surface area contributed by atoms with Crippen LogP contribution < -0.4 is 10.0 Å². The van der Waals surface area contributed by atoms with Crippen LogP contribution in [0, 0.1) is 0 Å². The third-order valence-electron chi connectivity index (χ3n) is 4.32. The molecule has 1 amide bonds. The van der Waals surface area contributed by atoms with Gasteiger partial charge in [-0.05, 0) is 55.1 Å². The van der Waals surface area contributed by atoms with Crippen LogP contribution in [-0.4, -0.2) is 33.4 Å². The predicted octanol–water partition coefficient (Wildman–Crippen LogP) is 2.93. The van der Waals surface area contributed by atoms with Crippen LogP contribution in [0.2, 0.25) is 0 Å². The molecule has 7 nitrogen and oxygen atoms in total. The van der Waals surface area contributed by atoms with E-state index < -0.39 is 28.0 Å². The summed E-state index contributed by atoms with van der Waals surface area (Å²) >= 11 is 0. The standard InChI is InChI=1S/C21H20N2O5S/c1-14(20(24)23-18-11-10-15-6-3-4-7-16(15)12-18)28-21(25)17-8-5-9-19(13-17)29(26,27)22-2/h3-14,22H,1-2H3,(H,23,24). The minimum atomic E-state index is -3.69. The molecule has 1 atom stereocenters. The maximum Gasteiger partial charge on any atom is 0.338 e. The summed E-state index contributed by atoms with van der Waals surface area (Å²) in [6.07, 6.45) is -1.07. The van der Waals surface area contributed by atoms with E-state index in [0.29, 0.717) is 5.69 Å². The Hall–Kier alpha value is -3.23. The minimum absolute atomic E-state index is 0.0340. The summed E-state index contributed by atoms with van der Waals surface area (Å²) in [6, 6.07) is 18.6. The van der Waals surface area contributed by atoms with Gasteiger partial charge < -0.3 is 10.1 Å². The molecule has 150 valence electrons. The fraction of sp³-hybridized carbons (Fsp3) is 0.143. The highest BCUT2D eigenvalue weighted by Crippen LogP contribution is 2.19.